The summed E-state index contributed by atoms with van der Waals surface area (Å²) in [6.45, 7) is 4.21. The van der Waals surface area contributed by atoms with Crippen LogP contribution in [0.15, 0.2) is 23.8 Å². The summed E-state index contributed by atoms with van der Waals surface area (Å²) in [5.41, 5.74) is 0. The van der Waals surface area contributed by atoms with Crippen molar-refractivity contribution in [3.05, 3.63) is 23.8 Å². The van der Waals surface area contributed by atoms with Crippen LogP contribution in [0, 0.1) is 0 Å². The number of allylic oxidation sites excluding steroid dienone is 2. The average molecular weight is 132 g/mol. The molecule has 0 aliphatic rings. The maximum atomic E-state index is 5.61. The van der Waals surface area contributed by atoms with Gasteiger partial charge in [-0.3, -0.25) is 0 Å². The standard InChI is InChI=1S/C6H10ClN/c1-3-4-6(7)5-8-2/h3-4,8H,1,5H2,2H3/b6-4+. The SMILES string of the molecule is C=C/C=C(/Cl)CNC. The van der Waals surface area contributed by atoms with Gasteiger partial charge in [0.25, 0.3) is 0 Å². The van der Waals surface area contributed by atoms with Gasteiger partial charge in [0.15, 0.2) is 0 Å². The van der Waals surface area contributed by atoms with Crippen molar-refractivity contribution >= 4 is 11.6 Å². The number of rotatable bonds is 3. The van der Waals surface area contributed by atoms with Gasteiger partial charge in [-0.2, -0.15) is 0 Å². The lowest BCUT2D eigenvalue weighted by atomic mass is 10.5. The Balaban J connectivity index is 3.44. The predicted molar refractivity (Wildman–Crippen MR) is 38.1 cm³/mol. The first kappa shape index (κ1) is 7.73. The summed E-state index contributed by atoms with van der Waals surface area (Å²) in [6, 6.07) is 0. The summed E-state index contributed by atoms with van der Waals surface area (Å²) < 4.78 is 0. The molecule has 0 heterocycles. The number of nitrogens with one attached hydrogen (secondary N) is 1. The molecule has 0 atom stereocenters. The van der Waals surface area contributed by atoms with E-state index in [4.69, 9.17) is 11.6 Å². The quantitative estimate of drug-likeness (QED) is 0.573. The Labute approximate surface area is 55.0 Å². The maximum Gasteiger partial charge on any atom is 0.0318 e. The molecule has 0 aromatic heterocycles. The Kier molecular flexibility index (Phi) is 4.71. The summed E-state index contributed by atoms with van der Waals surface area (Å²) in [4.78, 5) is 0. The van der Waals surface area contributed by atoms with Gasteiger partial charge in [0, 0.05) is 11.6 Å². The first-order valence-corrected chi connectivity index (χ1v) is 2.80. The van der Waals surface area contributed by atoms with E-state index < -0.39 is 0 Å². The lowest BCUT2D eigenvalue weighted by Gasteiger charge is -1.91. The first-order valence-electron chi connectivity index (χ1n) is 2.43. The van der Waals surface area contributed by atoms with Crippen LogP contribution in [-0.4, -0.2) is 13.6 Å². The zero-order chi connectivity index (χ0) is 6.41. The minimum Gasteiger partial charge on any atom is -0.315 e. The minimum absolute atomic E-state index is 0.716. The molecule has 0 aromatic carbocycles. The van der Waals surface area contributed by atoms with Crippen LogP contribution < -0.4 is 5.32 Å². The van der Waals surface area contributed by atoms with Gasteiger partial charge in [0.2, 0.25) is 0 Å². The van der Waals surface area contributed by atoms with Crippen molar-refractivity contribution in [3.8, 4) is 0 Å². The molecular formula is C6H10ClN. The van der Waals surface area contributed by atoms with Crippen LogP contribution in [0.3, 0.4) is 0 Å². The first-order chi connectivity index (χ1) is 3.81. The molecule has 0 saturated carbocycles. The molecule has 0 bridgehead atoms. The van der Waals surface area contributed by atoms with E-state index in [-0.39, 0.29) is 0 Å². The van der Waals surface area contributed by atoms with Crippen molar-refractivity contribution in [2.75, 3.05) is 13.6 Å². The lowest BCUT2D eigenvalue weighted by Crippen LogP contribution is -2.06. The van der Waals surface area contributed by atoms with E-state index >= 15 is 0 Å². The highest BCUT2D eigenvalue weighted by Gasteiger charge is 1.82. The van der Waals surface area contributed by atoms with E-state index in [0.717, 1.165) is 5.03 Å². The third-order valence-corrected chi connectivity index (χ3v) is 0.904. The molecule has 0 spiro atoms. The van der Waals surface area contributed by atoms with Crippen molar-refractivity contribution in [1.82, 2.24) is 5.32 Å². The Bertz CT molecular complexity index is 96.7. The van der Waals surface area contributed by atoms with Crippen molar-refractivity contribution in [1.29, 1.82) is 0 Å². The smallest absolute Gasteiger partial charge is 0.0318 e. The summed E-state index contributed by atoms with van der Waals surface area (Å²) in [7, 11) is 1.85. The molecule has 1 N–H and O–H groups in total. The molecule has 0 radical (unpaired) electrons. The van der Waals surface area contributed by atoms with Gasteiger partial charge in [0.1, 0.15) is 0 Å². The highest BCUT2D eigenvalue weighted by Crippen LogP contribution is 1.96. The Morgan fingerprint density at radius 3 is 2.88 bits per heavy atom. The van der Waals surface area contributed by atoms with Gasteiger partial charge in [-0.05, 0) is 13.1 Å². The lowest BCUT2D eigenvalue weighted by molar-refractivity contribution is 0.909. The maximum absolute atomic E-state index is 5.61. The molecule has 0 unspecified atom stereocenters. The van der Waals surface area contributed by atoms with Crippen LogP contribution in [0.25, 0.3) is 0 Å². The largest absolute Gasteiger partial charge is 0.315 e. The van der Waals surface area contributed by atoms with Gasteiger partial charge in [0.05, 0.1) is 0 Å². The fraction of sp³-hybridized carbons (Fsp3) is 0.333. The monoisotopic (exact) mass is 131 g/mol. The predicted octanol–water partition coefficient (Wildman–Crippen LogP) is 1.51. The molecule has 0 rings (SSSR count). The molecule has 0 aromatic rings. The van der Waals surface area contributed by atoms with Crippen LogP contribution in [0.5, 0.6) is 0 Å². The summed E-state index contributed by atoms with van der Waals surface area (Å²) >= 11 is 5.61. The third-order valence-electron chi connectivity index (χ3n) is 0.644. The van der Waals surface area contributed by atoms with Crippen molar-refractivity contribution in [2.24, 2.45) is 0 Å². The molecule has 46 valence electrons. The van der Waals surface area contributed by atoms with Gasteiger partial charge < -0.3 is 5.32 Å². The Morgan fingerprint density at radius 1 is 1.88 bits per heavy atom. The molecule has 2 heteroatoms. The Morgan fingerprint density at radius 2 is 2.50 bits per heavy atom. The molecule has 0 aliphatic heterocycles. The van der Waals surface area contributed by atoms with Crippen molar-refractivity contribution in [3.63, 3.8) is 0 Å². The summed E-state index contributed by atoms with van der Waals surface area (Å²) in [6.07, 6.45) is 3.43. The average Bonchev–Trinajstić information content (AvgIpc) is 1.68. The zero-order valence-corrected chi connectivity index (χ0v) is 5.70. The molecule has 0 amide bonds. The number of halogens is 1. The van der Waals surface area contributed by atoms with Gasteiger partial charge >= 0.3 is 0 Å². The zero-order valence-electron chi connectivity index (χ0n) is 4.95. The molecule has 1 nitrogen and oxygen atoms in total. The van der Waals surface area contributed by atoms with Crippen molar-refractivity contribution in [2.45, 2.75) is 0 Å². The van der Waals surface area contributed by atoms with E-state index in [1.807, 2.05) is 7.05 Å². The second kappa shape index (κ2) is 4.88. The van der Waals surface area contributed by atoms with E-state index in [1.54, 1.807) is 12.2 Å². The topological polar surface area (TPSA) is 12.0 Å². The normalized spacial score (nSPS) is 11.5. The third kappa shape index (κ3) is 3.90. The molecule has 0 saturated heterocycles. The molecular weight excluding hydrogens is 122 g/mol. The second-order valence-corrected chi connectivity index (χ2v) is 1.87. The summed E-state index contributed by atoms with van der Waals surface area (Å²) in [5, 5.41) is 3.68. The highest BCUT2D eigenvalue weighted by molar-refractivity contribution is 6.29. The second-order valence-electron chi connectivity index (χ2n) is 1.38. The number of hydrogen-bond donors (Lipinski definition) is 1. The minimum atomic E-state index is 0.716. The number of hydrogen-bond acceptors (Lipinski definition) is 1. The molecule has 0 fully saturated rings. The fourth-order valence-corrected chi connectivity index (χ4v) is 0.578. The van der Waals surface area contributed by atoms with Crippen LogP contribution in [-0.2, 0) is 0 Å². The van der Waals surface area contributed by atoms with Gasteiger partial charge in [-0.25, -0.2) is 0 Å². The Hall–Kier alpha value is -0.270. The molecule has 0 aliphatic carbocycles. The van der Waals surface area contributed by atoms with Gasteiger partial charge in [-0.15, -0.1) is 0 Å². The molecule has 8 heavy (non-hydrogen) atoms. The fourth-order valence-electron chi connectivity index (χ4n) is 0.356. The van der Waals surface area contributed by atoms with E-state index in [1.165, 1.54) is 0 Å². The summed E-state index contributed by atoms with van der Waals surface area (Å²) in [5.74, 6) is 0. The van der Waals surface area contributed by atoms with Gasteiger partial charge in [-0.1, -0.05) is 24.3 Å². The van der Waals surface area contributed by atoms with E-state index in [2.05, 4.69) is 11.9 Å². The van der Waals surface area contributed by atoms with Crippen LogP contribution >= 0.6 is 11.6 Å². The van der Waals surface area contributed by atoms with E-state index in [0.29, 0.717) is 6.54 Å². The highest BCUT2D eigenvalue weighted by atomic mass is 35.5. The van der Waals surface area contributed by atoms with Crippen LogP contribution in [0.2, 0.25) is 0 Å². The van der Waals surface area contributed by atoms with E-state index in [9.17, 15) is 0 Å². The van der Waals surface area contributed by atoms with Crippen LogP contribution in [0.4, 0.5) is 0 Å². The van der Waals surface area contributed by atoms with Crippen molar-refractivity contribution < 1.29 is 0 Å². The number of likely N-dealkylation sites (N-methyl/N-ethyl adjacent to an activating group) is 1. The van der Waals surface area contributed by atoms with Crippen LogP contribution in [0.1, 0.15) is 0 Å².